The number of likely N-dealkylation sites (tertiary alicyclic amines) is 1. The lowest BCUT2D eigenvalue weighted by molar-refractivity contribution is -0.142. The van der Waals surface area contributed by atoms with Crippen molar-refractivity contribution in [3.8, 4) is 5.75 Å². The van der Waals surface area contributed by atoms with Crippen LogP contribution in [0.4, 0.5) is 0 Å². The van der Waals surface area contributed by atoms with Gasteiger partial charge in [0.15, 0.2) is 0 Å². The minimum Gasteiger partial charge on any atom is -0.493 e. The minimum atomic E-state index is -0.428. The predicted octanol–water partition coefficient (Wildman–Crippen LogP) is 2.56. The van der Waals surface area contributed by atoms with E-state index in [1.54, 1.807) is 23.1 Å². The predicted molar refractivity (Wildman–Crippen MR) is 133 cm³/mol. The molecule has 1 aromatic heterocycles. The summed E-state index contributed by atoms with van der Waals surface area (Å²) in [6.07, 6.45) is 6.37. The fourth-order valence-corrected chi connectivity index (χ4v) is 5.09. The van der Waals surface area contributed by atoms with Gasteiger partial charge >= 0.3 is 0 Å². The van der Waals surface area contributed by atoms with Gasteiger partial charge in [0.1, 0.15) is 18.4 Å². The molecule has 0 spiro atoms. The van der Waals surface area contributed by atoms with Crippen LogP contribution in [0, 0.1) is 5.41 Å². The molecule has 10 heteroatoms. The number of carbonyl (C=O) groups is 2. The number of piperazine rings is 1. The zero-order chi connectivity index (χ0) is 24.7. The maximum absolute atomic E-state index is 13.3. The summed E-state index contributed by atoms with van der Waals surface area (Å²) >= 11 is 6.14. The highest BCUT2D eigenvalue weighted by Gasteiger charge is 2.41. The van der Waals surface area contributed by atoms with E-state index in [0.717, 1.165) is 39.0 Å². The van der Waals surface area contributed by atoms with Crippen molar-refractivity contribution >= 4 is 23.4 Å². The van der Waals surface area contributed by atoms with Crippen molar-refractivity contribution in [2.24, 2.45) is 5.41 Å². The molecule has 2 saturated heterocycles. The number of nitrogens with zero attached hydrogens (tertiary/aromatic N) is 6. The van der Waals surface area contributed by atoms with Gasteiger partial charge in [-0.05, 0) is 44.5 Å². The van der Waals surface area contributed by atoms with Gasteiger partial charge in [-0.1, -0.05) is 17.7 Å². The molecule has 4 rings (SSSR count). The molecule has 35 heavy (non-hydrogen) atoms. The molecule has 0 radical (unpaired) electrons. The fraction of sp³-hybridized carbons (Fsp3) is 0.600. The second kappa shape index (κ2) is 11.9. The van der Waals surface area contributed by atoms with E-state index in [0.29, 0.717) is 56.3 Å². The maximum Gasteiger partial charge on any atom is 0.223 e. The molecule has 2 aliphatic rings. The molecule has 1 atom stereocenters. The summed E-state index contributed by atoms with van der Waals surface area (Å²) in [6, 6.07) is 7.32. The Kier molecular flexibility index (Phi) is 8.62. The number of hydrogen-bond donors (Lipinski definition) is 0. The third-order valence-electron chi connectivity index (χ3n) is 6.98. The average molecular weight is 503 g/mol. The zero-order valence-electron chi connectivity index (χ0n) is 20.4. The Labute approximate surface area is 212 Å². The first kappa shape index (κ1) is 25.4. The number of hydrogen-bond acceptors (Lipinski definition) is 6. The summed E-state index contributed by atoms with van der Waals surface area (Å²) in [5.41, 5.74) is -0.428. The van der Waals surface area contributed by atoms with Crippen LogP contribution in [0.5, 0.6) is 5.75 Å². The molecule has 2 aromatic rings. The van der Waals surface area contributed by atoms with Gasteiger partial charge < -0.3 is 19.4 Å². The number of piperidine rings is 1. The molecule has 190 valence electrons. The van der Waals surface area contributed by atoms with Crippen molar-refractivity contribution in [1.29, 1.82) is 0 Å². The quantitative estimate of drug-likeness (QED) is 0.524. The minimum absolute atomic E-state index is 0.115. The van der Waals surface area contributed by atoms with Crippen LogP contribution in [-0.2, 0) is 16.1 Å². The normalized spacial score (nSPS) is 21.2. The molecule has 0 N–H and O–H groups in total. The number of aromatic nitrogens is 3. The van der Waals surface area contributed by atoms with Crippen LogP contribution in [0.25, 0.3) is 0 Å². The Morgan fingerprint density at radius 2 is 1.94 bits per heavy atom. The number of aryl methyl sites for hydroxylation is 1. The Morgan fingerprint density at radius 3 is 2.69 bits per heavy atom. The highest BCUT2D eigenvalue weighted by molar-refractivity contribution is 6.30. The molecular formula is C25H35ClN6O3. The van der Waals surface area contributed by atoms with E-state index >= 15 is 0 Å². The van der Waals surface area contributed by atoms with Crippen LogP contribution in [0.1, 0.15) is 32.1 Å². The van der Waals surface area contributed by atoms with Crippen molar-refractivity contribution in [3.63, 3.8) is 0 Å². The molecule has 0 bridgehead atoms. The van der Waals surface area contributed by atoms with E-state index in [1.165, 1.54) is 6.33 Å². The van der Waals surface area contributed by atoms with Gasteiger partial charge in [0.25, 0.3) is 0 Å². The zero-order valence-corrected chi connectivity index (χ0v) is 21.2. The van der Waals surface area contributed by atoms with E-state index in [-0.39, 0.29) is 11.8 Å². The highest BCUT2D eigenvalue weighted by atomic mass is 35.5. The summed E-state index contributed by atoms with van der Waals surface area (Å²) < 4.78 is 7.91. The molecule has 9 nitrogen and oxygen atoms in total. The number of benzene rings is 1. The van der Waals surface area contributed by atoms with E-state index < -0.39 is 5.41 Å². The third kappa shape index (κ3) is 7.18. The van der Waals surface area contributed by atoms with Gasteiger partial charge in [0, 0.05) is 69.1 Å². The monoisotopic (exact) mass is 502 g/mol. The topological polar surface area (TPSA) is 83.8 Å². The lowest BCUT2D eigenvalue weighted by atomic mass is 9.77. The first-order valence-corrected chi connectivity index (χ1v) is 12.8. The smallest absolute Gasteiger partial charge is 0.223 e. The molecule has 0 aliphatic carbocycles. The molecule has 1 aromatic carbocycles. The third-order valence-corrected chi connectivity index (χ3v) is 7.22. The van der Waals surface area contributed by atoms with E-state index in [2.05, 4.69) is 22.0 Å². The maximum atomic E-state index is 13.3. The Balaban J connectivity index is 1.41. The molecular weight excluding hydrogens is 468 g/mol. The SMILES string of the molecule is CN1CCN(C(=O)C[C@]2(COc3cccc(Cl)c3)CCCN(C(=O)CCCn3cncn3)C2)CC1. The molecule has 0 unspecified atom stereocenters. The van der Waals surface area contributed by atoms with Gasteiger partial charge in [0.05, 0.1) is 6.61 Å². The number of carbonyl (C=O) groups excluding carboxylic acids is 2. The summed E-state index contributed by atoms with van der Waals surface area (Å²) in [5, 5.41) is 4.71. The number of halogens is 1. The average Bonchev–Trinajstić information content (AvgIpc) is 3.37. The van der Waals surface area contributed by atoms with E-state index in [4.69, 9.17) is 16.3 Å². The standard InChI is InChI=1S/C25H35ClN6O3/c1-29-11-13-30(14-12-29)24(34)16-25(18-35-22-6-2-5-21(26)15-22)8-4-9-31(17-25)23(33)7-3-10-32-20-27-19-28-32/h2,5-6,15,19-20H,3-4,7-14,16-18H2,1H3/t25-/m1/s1. The summed E-state index contributed by atoms with van der Waals surface area (Å²) in [4.78, 5) is 36.5. The number of likely N-dealkylation sites (N-methyl/N-ethyl adjacent to an activating group) is 1. The van der Waals surface area contributed by atoms with Crippen LogP contribution in [0.3, 0.4) is 0 Å². The van der Waals surface area contributed by atoms with Crippen LogP contribution >= 0.6 is 11.6 Å². The van der Waals surface area contributed by atoms with Crippen LogP contribution in [-0.4, -0.2) is 94.2 Å². The lowest BCUT2D eigenvalue weighted by Crippen LogP contribution is -2.53. The van der Waals surface area contributed by atoms with Crippen LogP contribution in [0.2, 0.25) is 5.02 Å². The van der Waals surface area contributed by atoms with Gasteiger partial charge in [-0.2, -0.15) is 5.10 Å². The van der Waals surface area contributed by atoms with Gasteiger partial charge in [-0.3, -0.25) is 14.3 Å². The summed E-state index contributed by atoms with van der Waals surface area (Å²) in [6.45, 7) is 5.51. The van der Waals surface area contributed by atoms with Crippen LogP contribution in [0.15, 0.2) is 36.9 Å². The largest absolute Gasteiger partial charge is 0.493 e. The van der Waals surface area contributed by atoms with Crippen molar-refractivity contribution in [3.05, 3.63) is 41.9 Å². The van der Waals surface area contributed by atoms with Crippen LogP contribution < -0.4 is 4.74 Å². The van der Waals surface area contributed by atoms with Gasteiger partial charge in [-0.15, -0.1) is 0 Å². The van der Waals surface area contributed by atoms with Crippen molar-refractivity contribution in [2.75, 3.05) is 52.9 Å². The Bertz CT molecular complexity index is 979. The summed E-state index contributed by atoms with van der Waals surface area (Å²) in [7, 11) is 2.08. The van der Waals surface area contributed by atoms with Crippen molar-refractivity contribution < 1.29 is 14.3 Å². The summed E-state index contributed by atoms with van der Waals surface area (Å²) in [5.74, 6) is 0.942. The van der Waals surface area contributed by atoms with Gasteiger partial charge in [-0.25, -0.2) is 4.98 Å². The molecule has 2 fully saturated rings. The first-order valence-electron chi connectivity index (χ1n) is 12.4. The molecule has 3 heterocycles. The molecule has 0 saturated carbocycles. The molecule has 2 amide bonds. The number of amides is 2. The number of ether oxygens (including phenoxy) is 1. The lowest BCUT2D eigenvalue weighted by Gasteiger charge is -2.43. The first-order chi connectivity index (χ1) is 16.9. The number of rotatable bonds is 9. The second-order valence-electron chi connectivity index (χ2n) is 9.79. The van der Waals surface area contributed by atoms with E-state index in [1.807, 2.05) is 21.9 Å². The van der Waals surface area contributed by atoms with Gasteiger partial charge in [0.2, 0.25) is 11.8 Å². The van der Waals surface area contributed by atoms with E-state index in [9.17, 15) is 9.59 Å². The Morgan fingerprint density at radius 1 is 1.11 bits per heavy atom. The highest BCUT2D eigenvalue weighted by Crippen LogP contribution is 2.36. The molecule has 2 aliphatic heterocycles. The second-order valence-corrected chi connectivity index (χ2v) is 10.2. The Hall–Kier alpha value is -2.65. The van der Waals surface area contributed by atoms with Crippen molar-refractivity contribution in [2.45, 2.75) is 38.6 Å². The fourth-order valence-electron chi connectivity index (χ4n) is 4.91. The van der Waals surface area contributed by atoms with Crippen molar-refractivity contribution in [1.82, 2.24) is 29.5 Å².